The Kier molecular flexibility index (Phi) is 3.51. The van der Waals surface area contributed by atoms with E-state index in [1.54, 1.807) is 5.57 Å². The van der Waals surface area contributed by atoms with Crippen molar-refractivity contribution in [2.75, 3.05) is 0 Å². The van der Waals surface area contributed by atoms with Gasteiger partial charge in [-0.3, -0.25) is 0 Å². The highest BCUT2D eigenvalue weighted by molar-refractivity contribution is 5.53. The van der Waals surface area contributed by atoms with E-state index in [0.29, 0.717) is 5.92 Å². The first-order chi connectivity index (χ1) is 7.63. The third-order valence-electron chi connectivity index (χ3n) is 4.84. The Morgan fingerprint density at radius 3 is 2.75 bits per heavy atom. The molecule has 0 heterocycles. The largest absolute Gasteiger partial charge is 0.303 e. The van der Waals surface area contributed by atoms with Gasteiger partial charge in [-0.15, -0.1) is 0 Å². The molecule has 1 fully saturated rings. The zero-order valence-corrected chi connectivity index (χ0v) is 10.8. The maximum Gasteiger partial charge on any atom is 0.123 e. The summed E-state index contributed by atoms with van der Waals surface area (Å²) in [5, 5.41) is 0. The highest BCUT2D eigenvalue weighted by Crippen LogP contribution is 2.47. The fraction of sp³-hybridized carbons (Fsp3) is 0.800. The molecule has 0 unspecified atom stereocenters. The molecule has 1 heteroatoms. The summed E-state index contributed by atoms with van der Waals surface area (Å²) in [7, 11) is 0. The van der Waals surface area contributed by atoms with Gasteiger partial charge < -0.3 is 4.79 Å². The molecular weight excluding hydrogens is 196 g/mol. The van der Waals surface area contributed by atoms with Crippen LogP contribution in [0.25, 0.3) is 0 Å². The fourth-order valence-electron chi connectivity index (χ4n) is 3.82. The number of hydrogen-bond acceptors (Lipinski definition) is 1. The zero-order valence-electron chi connectivity index (χ0n) is 10.8. The lowest BCUT2D eigenvalue weighted by Crippen LogP contribution is -2.36. The van der Waals surface area contributed by atoms with Gasteiger partial charge in [-0.05, 0) is 56.3 Å². The van der Waals surface area contributed by atoms with Crippen LogP contribution in [0.3, 0.4) is 0 Å². The second-order valence-electron chi connectivity index (χ2n) is 6.07. The summed E-state index contributed by atoms with van der Waals surface area (Å²) in [6, 6.07) is 0. The summed E-state index contributed by atoms with van der Waals surface area (Å²) in [6.07, 6.45) is 8.37. The van der Waals surface area contributed by atoms with Crippen LogP contribution in [0.2, 0.25) is 0 Å². The van der Waals surface area contributed by atoms with Crippen LogP contribution in [-0.4, -0.2) is 6.29 Å². The molecule has 1 saturated carbocycles. The minimum absolute atomic E-state index is 0.341. The van der Waals surface area contributed by atoms with Crippen molar-refractivity contribution in [3.8, 4) is 0 Å². The topological polar surface area (TPSA) is 17.1 Å². The number of hydrogen-bond donors (Lipinski definition) is 0. The van der Waals surface area contributed by atoms with Gasteiger partial charge >= 0.3 is 0 Å². The average Bonchev–Trinajstić information content (AvgIpc) is 2.28. The quantitative estimate of drug-likeness (QED) is 0.510. The smallest absolute Gasteiger partial charge is 0.123 e. The van der Waals surface area contributed by atoms with Crippen LogP contribution in [-0.2, 0) is 4.79 Å². The van der Waals surface area contributed by atoms with Crippen LogP contribution in [0, 0.1) is 29.6 Å². The number of rotatable bonds is 2. The van der Waals surface area contributed by atoms with E-state index in [1.165, 1.54) is 19.1 Å². The number of carbonyl (C=O) groups is 1. The Labute approximate surface area is 99.3 Å². The molecule has 90 valence electrons. The summed E-state index contributed by atoms with van der Waals surface area (Å²) in [4.78, 5) is 11.0. The van der Waals surface area contributed by atoms with Gasteiger partial charge in [0.05, 0.1) is 0 Å². The van der Waals surface area contributed by atoms with E-state index in [-0.39, 0.29) is 0 Å². The summed E-state index contributed by atoms with van der Waals surface area (Å²) in [5.74, 6) is 3.44. The van der Waals surface area contributed by atoms with Gasteiger partial charge in [-0.2, -0.15) is 0 Å². The molecule has 2 aliphatic rings. The van der Waals surface area contributed by atoms with E-state index in [0.717, 1.165) is 36.5 Å². The van der Waals surface area contributed by atoms with Crippen molar-refractivity contribution < 1.29 is 4.79 Å². The Balaban J connectivity index is 2.18. The maximum atomic E-state index is 11.0. The first-order valence-corrected chi connectivity index (χ1v) is 6.75. The van der Waals surface area contributed by atoms with E-state index in [2.05, 4.69) is 26.8 Å². The van der Waals surface area contributed by atoms with Gasteiger partial charge in [-0.1, -0.05) is 25.5 Å². The summed E-state index contributed by atoms with van der Waals surface area (Å²) >= 11 is 0. The molecule has 0 N–H and O–H groups in total. The number of aldehydes is 1. The standard InChI is InChI=1S/C15H24O/c1-10(2)13-6-4-11(3)14-7-5-12(9-16)8-15(13)14/h4,9-10,12-15H,5-8H2,1-3H3/t12-,13+,14+,15+/m1/s1. The summed E-state index contributed by atoms with van der Waals surface area (Å²) in [6.45, 7) is 6.96. The predicted octanol–water partition coefficient (Wildman–Crippen LogP) is 3.84. The lowest BCUT2D eigenvalue weighted by atomic mass is 9.61. The molecule has 4 atom stereocenters. The lowest BCUT2D eigenvalue weighted by Gasteiger charge is -2.44. The van der Waals surface area contributed by atoms with Gasteiger partial charge in [0.1, 0.15) is 6.29 Å². The molecule has 0 saturated heterocycles. The molecule has 0 aromatic carbocycles. The SMILES string of the molecule is CC1=CC[C@@H](C(C)C)[C@@H]2C[C@H](C=O)CC[C@@H]12. The van der Waals surface area contributed by atoms with Crippen LogP contribution in [0.5, 0.6) is 0 Å². The first-order valence-electron chi connectivity index (χ1n) is 6.75. The zero-order chi connectivity index (χ0) is 11.7. The average molecular weight is 220 g/mol. The molecule has 2 rings (SSSR count). The number of carbonyl (C=O) groups excluding carboxylic acids is 1. The molecular formula is C15H24O. The molecule has 0 aromatic heterocycles. The molecule has 2 aliphatic carbocycles. The molecule has 1 nitrogen and oxygen atoms in total. The van der Waals surface area contributed by atoms with E-state index in [9.17, 15) is 4.79 Å². The Morgan fingerprint density at radius 2 is 2.12 bits per heavy atom. The van der Waals surface area contributed by atoms with Gasteiger partial charge in [0, 0.05) is 5.92 Å². The van der Waals surface area contributed by atoms with Gasteiger partial charge in [0.25, 0.3) is 0 Å². The molecule has 0 spiro atoms. The van der Waals surface area contributed by atoms with Crippen LogP contribution in [0.15, 0.2) is 11.6 Å². The third kappa shape index (κ3) is 2.09. The molecule has 0 aliphatic heterocycles. The van der Waals surface area contributed by atoms with E-state index in [1.807, 2.05) is 0 Å². The Bertz CT molecular complexity index is 290. The number of fused-ring (bicyclic) bond motifs is 1. The lowest BCUT2D eigenvalue weighted by molar-refractivity contribution is -0.113. The summed E-state index contributed by atoms with van der Waals surface area (Å²) in [5.41, 5.74) is 1.59. The molecule has 0 radical (unpaired) electrons. The number of allylic oxidation sites excluding steroid dienone is 2. The first kappa shape index (κ1) is 11.9. The van der Waals surface area contributed by atoms with Crippen molar-refractivity contribution in [1.29, 1.82) is 0 Å². The van der Waals surface area contributed by atoms with Gasteiger partial charge in [-0.25, -0.2) is 0 Å². The third-order valence-corrected chi connectivity index (χ3v) is 4.84. The van der Waals surface area contributed by atoms with E-state index < -0.39 is 0 Å². The van der Waals surface area contributed by atoms with Gasteiger partial charge in [0.2, 0.25) is 0 Å². The second kappa shape index (κ2) is 4.73. The predicted molar refractivity (Wildman–Crippen MR) is 67.1 cm³/mol. The minimum Gasteiger partial charge on any atom is -0.303 e. The summed E-state index contributed by atoms with van der Waals surface area (Å²) < 4.78 is 0. The molecule has 0 bridgehead atoms. The van der Waals surface area contributed by atoms with Crippen molar-refractivity contribution in [2.45, 2.75) is 46.5 Å². The minimum atomic E-state index is 0.341. The Hall–Kier alpha value is -0.590. The van der Waals surface area contributed by atoms with E-state index in [4.69, 9.17) is 0 Å². The maximum absolute atomic E-state index is 11.0. The van der Waals surface area contributed by atoms with Crippen molar-refractivity contribution in [3.05, 3.63) is 11.6 Å². The second-order valence-corrected chi connectivity index (χ2v) is 6.07. The van der Waals surface area contributed by atoms with Crippen molar-refractivity contribution >= 4 is 6.29 Å². The van der Waals surface area contributed by atoms with Gasteiger partial charge in [0.15, 0.2) is 0 Å². The monoisotopic (exact) mass is 220 g/mol. The van der Waals surface area contributed by atoms with Crippen LogP contribution < -0.4 is 0 Å². The van der Waals surface area contributed by atoms with Crippen molar-refractivity contribution in [3.63, 3.8) is 0 Å². The van der Waals surface area contributed by atoms with Crippen molar-refractivity contribution in [2.24, 2.45) is 29.6 Å². The molecule has 0 amide bonds. The van der Waals surface area contributed by atoms with E-state index >= 15 is 0 Å². The molecule has 0 aromatic rings. The molecule has 16 heavy (non-hydrogen) atoms. The van der Waals surface area contributed by atoms with Crippen LogP contribution in [0.4, 0.5) is 0 Å². The van der Waals surface area contributed by atoms with Crippen LogP contribution in [0.1, 0.15) is 46.5 Å². The normalized spacial score (nSPS) is 39.1. The fourth-order valence-corrected chi connectivity index (χ4v) is 3.82. The highest BCUT2D eigenvalue weighted by Gasteiger charge is 2.39. The van der Waals surface area contributed by atoms with Crippen molar-refractivity contribution in [1.82, 2.24) is 0 Å². The van der Waals surface area contributed by atoms with Crippen LogP contribution >= 0.6 is 0 Å². The highest BCUT2D eigenvalue weighted by atomic mass is 16.1. The Morgan fingerprint density at radius 1 is 1.38 bits per heavy atom.